The maximum absolute atomic E-state index is 7.76. The summed E-state index contributed by atoms with van der Waals surface area (Å²) in [6.07, 6.45) is 4.85. The molecule has 0 fully saturated rings. The van der Waals surface area contributed by atoms with Crippen molar-refractivity contribution in [2.24, 2.45) is 0 Å². The fraction of sp³-hybridized carbons (Fsp3) is 0. The van der Waals surface area contributed by atoms with E-state index < -0.39 is 0 Å². The molecule has 1 heteroatoms. The molecule has 0 atom stereocenters. The van der Waals surface area contributed by atoms with Gasteiger partial charge in [0.15, 0.2) is 0 Å². The lowest BCUT2D eigenvalue weighted by Gasteiger charge is -1.96. The monoisotopic (exact) mass is 207 g/mol. The lowest BCUT2D eigenvalue weighted by Crippen LogP contribution is -1.76. The van der Waals surface area contributed by atoms with Gasteiger partial charge in [0.1, 0.15) is 6.07 Å². The van der Waals surface area contributed by atoms with Gasteiger partial charge in [0.05, 0.1) is 6.08 Å². The average Bonchev–Trinajstić information content (AvgIpc) is 2.36. The van der Waals surface area contributed by atoms with Crippen molar-refractivity contribution >= 4 is 12.2 Å². The summed E-state index contributed by atoms with van der Waals surface area (Å²) < 4.78 is 0. The highest BCUT2D eigenvalue weighted by molar-refractivity contribution is 5.63. The molecular weight excluding hydrogens is 194 g/mol. The van der Waals surface area contributed by atoms with Crippen molar-refractivity contribution < 1.29 is 0 Å². The summed E-state index contributed by atoms with van der Waals surface area (Å²) in [6, 6.07) is 9.75. The highest BCUT2D eigenvalue weighted by Gasteiger charge is 1.89. The summed E-state index contributed by atoms with van der Waals surface area (Å²) in [5.41, 5.74) is 6.91. The van der Waals surface area contributed by atoms with E-state index in [0.29, 0.717) is 0 Å². The fourth-order valence-corrected chi connectivity index (χ4v) is 0.966. The smallest absolute Gasteiger partial charge is 0.100 e. The molecule has 0 aliphatic heterocycles. The van der Waals surface area contributed by atoms with E-state index in [1.807, 2.05) is 36.4 Å². The minimum Gasteiger partial charge on any atom is -0.192 e. The zero-order valence-corrected chi connectivity index (χ0v) is 9.11. The van der Waals surface area contributed by atoms with Gasteiger partial charge in [0, 0.05) is 0 Å². The molecule has 0 aliphatic carbocycles. The van der Waals surface area contributed by atoms with Crippen LogP contribution in [0.1, 0.15) is 11.1 Å². The fourth-order valence-electron chi connectivity index (χ4n) is 0.966. The summed E-state index contributed by atoms with van der Waals surface area (Å²) in [7, 11) is 0. The molecule has 0 spiro atoms. The van der Waals surface area contributed by atoms with E-state index in [2.05, 4.69) is 31.2 Å². The minimum atomic E-state index is 1.14. The highest BCUT2D eigenvalue weighted by atomic mass is 14.2. The Hall–Kier alpha value is -2.51. The Bertz CT molecular complexity index is 449. The molecule has 1 rings (SSSR count). The van der Waals surface area contributed by atoms with Crippen LogP contribution in [0.4, 0.5) is 0 Å². The average molecular weight is 207 g/mol. The van der Waals surface area contributed by atoms with Gasteiger partial charge in [0.2, 0.25) is 0 Å². The summed E-state index contributed by atoms with van der Waals surface area (Å²) in [6.45, 7) is 10.6. The first-order chi connectivity index (χ1) is 7.79. The summed E-state index contributed by atoms with van der Waals surface area (Å²) in [5, 5.41) is 7.76. The molecule has 0 N–H and O–H groups in total. The van der Waals surface area contributed by atoms with Crippen molar-refractivity contribution in [3.63, 3.8) is 0 Å². The molecule has 16 heavy (non-hydrogen) atoms. The van der Waals surface area contributed by atoms with Gasteiger partial charge in [-0.3, -0.25) is 0 Å². The number of benzene rings is 1. The van der Waals surface area contributed by atoms with Gasteiger partial charge in [0.25, 0.3) is 0 Å². The Kier molecular flexibility index (Phi) is 7.64. The number of rotatable bonds is 2. The van der Waals surface area contributed by atoms with Crippen molar-refractivity contribution in [2.75, 3.05) is 0 Å². The van der Waals surface area contributed by atoms with Crippen molar-refractivity contribution in [3.05, 3.63) is 72.7 Å². The van der Waals surface area contributed by atoms with Gasteiger partial charge >= 0.3 is 0 Å². The first kappa shape index (κ1) is 13.5. The van der Waals surface area contributed by atoms with Crippen LogP contribution >= 0.6 is 0 Å². The molecule has 0 saturated heterocycles. The molecule has 0 saturated carbocycles. The number of allylic oxidation sites excluding steroid dienone is 1. The third-order valence-electron chi connectivity index (χ3n) is 1.67. The molecule has 0 heterocycles. The molecular formula is C15H13N. The number of nitrogens with zero attached hydrogens (tertiary/aromatic N) is 1. The van der Waals surface area contributed by atoms with E-state index in [-0.39, 0.29) is 0 Å². The molecule has 78 valence electrons. The largest absolute Gasteiger partial charge is 0.192 e. The second-order valence-corrected chi connectivity index (χ2v) is 2.63. The Balaban J connectivity index is 0.000000325. The molecule has 0 radical (unpaired) electrons. The minimum absolute atomic E-state index is 1.14. The van der Waals surface area contributed by atoms with E-state index in [1.54, 1.807) is 6.07 Å². The Morgan fingerprint density at radius 2 is 1.56 bits per heavy atom. The lowest BCUT2D eigenvalue weighted by molar-refractivity contribution is 1.54. The SMILES string of the molecule is C=C=C=CC#N.C=Cc1ccccc1C=C. The van der Waals surface area contributed by atoms with E-state index in [9.17, 15) is 0 Å². The Morgan fingerprint density at radius 3 is 1.81 bits per heavy atom. The van der Waals surface area contributed by atoms with Crippen LogP contribution in [-0.4, -0.2) is 0 Å². The molecule has 1 aromatic carbocycles. The van der Waals surface area contributed by atoms with Gasteiger partial charge < -0.3 is 0 Å². The van der Waals surface area contributed by atoms with Gasteiger partial charge in [-0.05, 0) is 17.7 Å². The predicted molar refractivity (Wildman–Crippen MR) is 69.5 cm³/mol. The van der Waals surface area contributed by atoms with Crippen LogP contribution in [0.25, 0.3) is 12.2 Å². The van der Waals surface area contributed by atoms with E-state index >= 15 is 0 Å². The van der Waals surface area contributed by atoms with Crippen molar-refractivity contribution in [1.29, 1.82) is 5.26 Å². The van der Waals surface area contributed by atoms with Crippen LogP contribution in [0.15, 0.2) is 61.5 Å². The second kappa shape index (κ2) is 9.06. The maximum Gasteiger partial charge on any atom is 0.100 e. The molecule has 1 nitrogen and oxygen atoms in total. The third kappa shape index (κ3) is 5.27. The van der Waals surface area contributed by atoms with Crippen LogP contribution in [-0.2, 0) is 0 Å². The zero-order valence-electron chi connectivity index (χ0n) is 9.11. The number of hydrogen-bond acceptors (Lipinski definition) is 1. The third-order valence-corrected chi connectivity index (χ3v) is 1.67. The quantitative estimate of drug-likeness (QED) is 0.531. The topological polar surface area (TPSA) is 23.8 Å². The highest BCUT2D eigenvalue weighted by Crippen LogP contribution is 2.10. The predicted octanol–water partition coefficient (Wildman–Crippen LogP) is 3.98. The molecule has 0 unspecified atom stereocenters. The van der Waals surface area contributed by atoms with Crippen LogP contribution in [0, 0.1) is 11.3 Å². The van der Waals surface area contributed by atoms with Crippen LogP contribution in [0.3, 0.4) is 0 Å². The first-order valence-electron chi connectivity index (χ1n) is 4.63. The van der Waals surface area contributed by atoms with Crippen molar-refractivity contribution in [2.45, 2.75) is 0 Å². The first-order valence-corrected chi connectivity index (χ1v) is 4.63. The van der Waals surface area contributed by atoms with E-state index in [4.69, 9.17) is 5.26 Å². The zero-order chi connectivity index (χ0) is 12.2. The van der Waals surface area contributed by atoms with Crippen LogP contribution in [0.2, 0.25) is 0 Å². The Morgan fingerprint density at radius 1 is 1.06 bits per heavy atom. The second-order valence-electron chi connectivity index (χ2n) is 2.63. The van der Waals surface area contributed by atoms with Crippen LogP contribution in [0.5, 0.6) is 0 Å². The maximum atomic E-state index is 7.76. The van der Waals surface area contributed by atoms with Crippen LogP contribution < -0.4 is 0 Å². The Labute approximate surface area is 96.7 Å². The summed E-state index contributed by atoms with van der Waals surface area (Å²) >= 11 is 0. The van der Waals surface area contributed by atoms with Gasteiger partial charge in [-0.1, -0.05) is 61.0 Å². The lowest BCUT2D eigenvalue weighted by atomic mass is 10.1. The molecule has 0 aliphatic rings. The van der Waals surface area contributed by atoms with Crippen molar-refractivity contribution in [1.82, 2.24) is 0 Å². The molecule has 0 amide bonds. The van der Waals surface area contributed by atoms with Gasteiger partial charge in [-0.25, -0.2) is 0 Å². The number of nitriles is 1. The molecule has 0 aromatic heterocycles. The van der Waals surface area contributed by atoms with Gasteiger partial charge in [-0.2, -0.15) is 5.26 Å². The summed E-state index contributed by atoms with van der Waals surface area (Å²) in [5.74, 6) is 0. The van der Waals surface area contributed by atoms with Gasteiger partial charge in [-0.15, -0.1) is 0 Å². The van der Waals surface area contributed by atoms with E-state index in [1.165, 1.54) is 6.08 Å². The molecule has 0 bridgehead atoms. The standard InChI is InChI=1S/C10H10.C5H3N/c1-3-9-7-5-6-8-10(9)4-2;1-2-3-4-5-6/h3-8H,1-2H2;4H,1H2. The normalized spacial score (nSPS) is 6.94. The van der Waals surface area contributed by atoms with Crippen molar-refractivity contribution in [3.8, 4) is 6.07 Å². The summed E-state index contributed by atoms with van der Waals surface area (Å²) in [4.78, 5) is 0. The number of hydrogen-bond donors (Lipinski definition) is 0. The molecule has 1 aromatic rings. The van der Waals surface area contributed by atoms with E-state index in [0.717, 1.165) is 11.1 Å².